The normalized spacial score (nSPS) is 17.0. The highest BCUT2D eigenvalue weighted by atomic mass is 35.5. The fourth-order valence-electron chi connectivity index (χ4n) is 3.28. The van der Waals surface area contributed by atoms with Gasteiger partial charge in [0.15, 0.2) is 0 Å². The minimum absolute atomic E-state index is 0.0514. The van der Waals surface area contributed by atoms with Gasteiger partial charge in [0.05, 0.1) is 28.5 Å². The van der Waals surface area contributed by atoms with E-state index in [1.165, 1.54) is 7.11 Å². The van der Waals surface area contributed by atoms with Gasteiger partial charge in [-0.1, -0.05) is 23.2 Å². The van der Waals surface area contributed by atoms with E-state index in [0.717, 1.165) is 18.2 Å². The molecule has 0 radical (unpaired) electrons. The Morgan fingerprint density at radius 1 is 1.22 bits per heavy atom. The molecule has 2 aromatic carbocycles. The van der Waals surface area contributed by atoms with Crippen molar-refractivity contribution in [3.8, 4) is 5.75 Å². The zero-order chi connectivity index (χ0) is 23.6. The lowest BCUT2D eigenvalue weighted by atomic mass is 9.98. The van der Waals surface area contributed by atoms with Gasteiger partial charge >= 0.3 is 5.97 Å². The summed E-state index contributed by atoms with van der Waals surface area (Å²) >= 11 is 11.9. The van der Waals surface area contributed by atoms with Crippen LogP contribution in [0, 0.1) is 5.92 Å². The van der Waals surface area contributed by atoms with Crippen molar-refractivity contribution >= 4 is 51.0 Å². The predicted octanol–water partition coefficient (Wildman–Crippen LogP) is 2.21. The second-order valence-corrected chi connectivity index (χ2v) is 9.66. The number of aromatic carboxylic acids is 1. The van der Waals surface area contributed by atoms with Crippen molar-refractivity contribution in [1.82, 2.24) is 9.62 Å². The van der Waals surface area contributed by atoms with Crippen molar-refractivity contribution < 1.29 is 32.6 Å². The monoisotopic (exact) mass is 500 g/mol. The number of methoxy groups -OCH3 is 1. The standard InChI is InChI=1S/C20H18Cl2N2O7S/c1-31-17-5-2-13(21)7-11(17)6-12-9-23-18(25)10-24(19(12)26)32(29,30)14-3-4-16(22)15(8-14)20(27)28/h2-5,7-8,12H,6,9-10H2,1H3,(H,23,25)(H,27,28). The number of carboxylic acids is 1. The summed E-state index contributed by atoms with van der Waals surface area (Å²) in [6.45, 7) is -0.838. The lowest BCUT2D eigenvalue weighted by Gasteiger charge is -2.23. The van der Waals surface area contributed by atoms with E-state index in [0.29, 0.717) is 20.6 Å². The molecule has 1 heterocycles. The van der Waals surface area contributed by atoms with Crippen LogP contribution in [0.4, 0.5) is 0 Å². The molecule has 1 aliphatic rings. The Balaban J connectivity index is 2.00. The highest BCUT2D eigenvalue weighted by molar-refractivity contribution is 7.89. The molecule has 9 nitrogen and oxygen atoms in total. The second-order valence-electron chi connectivity index (χ2n) is 6.96. The van der Waals surface area contributed by atoms with E-state index in [2.05, 4.69) is 5.32 Å². The summed E-state index contributed by atoms with van der Waals surface area (Å²) in [4.78, 5) is 36.3. The van der Waals surface area contributed by atoms with E-state index in [1.54, 1.807) is 18.2 Å². The Bertz CT molecular complexity index is 1200. The van der Waals surface area contributed by atoms with E-state index in [4.69, 9.17) is 27.9 Å². The Morgan fingerprint density at radius 2 is 1.94 bits per heavy atom. The smallest absolute Gasteiger partial charge is 0.337 e. The quantitative estimate of drug-likeness (QED) is 0.621. The van der Waals surface area contributed by atoms with Crippen molar-refractivity contribution in [2.75, 3.05) is 20.2 Å². The van der Waals surface area contributed by atoms with E-state index in [-0.39, 0.29) is 18.0 Å². The van der Waals surface area contributed by atoms with E-state index in [9.17, 15) is 27.9 Å². The lowest BCUT2D eigenvalue weighted by molar-refractivity contribution is -0.131. The number of hydrogen-bond donors (Lipinski definition) is 2. The van der Waals surface area contributed by atoms with Gasteiger partial charge in [-0.25, -0.2) is 17.5 Å². The van der Waals surface area contributed by atoms with Crippen molar-refractivity contribution in [2.24, 2.45) is 5.92 Å². The maximum Gasteiger partial charge on any atom is 0.337 e. The maximum atomic E-state index is 13.2. The molecule has 0 bridgehead atoms. The number of carboxylic acid groups (broad SMARTS) is 1. The first-order chi connectivity index (χ1) is 15.0. The van der Waals surface area contributed by atoms with Gasteiger partial charge in [-0.3, -0.25) is 9.59 Å². The van der Waals surface area contributed by atoms with Crippen LogP contribution < -0.4 is 10.1 Å². The lowest BCUT2D eigenvalue weighted by Crippen LogP contribution is -2.42. The highest BCUT2D eigenvalue weighted by Crippen LogP contribution is 2.28. The third kappa shape index (κ3) is 4.82. The molecule has 32 heavy (non-hydrogen) atoms. The molecule has 2 amide bonds. The number of hydrogen-bond acceptors (Lipinski definition) is 6. The average Bonchev–Trinajstić information content (AvgIpc) is 2.87. The first-order valence-corrected chi connectivity index (χ1v) is 11.4. The maximum absolute atomic E-state index is 13.2. The Labute approximate surface area is 193 Å². The minimum Gasteiger partial charge on any atom is -0.496 e. The molecule has 0 spiro atoms. The molecule has 2 N–H and O–H groups in total. The second kappa shape index (κ2) is 9.35. The molecular formula is C20H18Cl2N2O7S. The third-order valence-electron chi connectivity index (χ3n) is 4.89. The molecule has 0 aromatic heterocycles. The van der Waals surface area contributed by atoms with Crippen LogP contribution in [0.1, 0.15) is 15.9 Å². The van der Waals surface area contributed by atoms with Gasteiger partial charge in [0.25, 0.3) is 10.0 Å². The van der Waals surface area contributed by atoms with Gasteiger partial charge in [-0.15, -0.1) is 0 Å². The summed E-state index contributed by atoms with van der Waals surface area (Å²) < 4.78 is 32.1. The summed E-state index contributed by atoms with van der Waals surface area (Å²) in [5.41, 5.74) is 0.117. The Kier molecular flexibility index (Phi) is 6.97. The van der Waals surface area contributed by atoms with Crippen LogP contribution in [-0.2, 0) is 26.0 Å². The van der Waals surface area contributed by atoms with Gasteiger partial charge in [0, 0.05) is 11.6 Å². The molecule has 3 rings (SSSR count). The number of nitrogens with zero attached hydrogens (tertiary/aromatic N) is 1. The van der Waals surface area contributed by atoms with Crippen LogP contribution in [0.5, 0.6) is 5.75 Å². The number of sulfonamides is 1. The van der Waals surface area contributed by atoms with Crippen molar-refractivity contribution in [3.05, 3.63) is 57.6 Å². The topological polar surface area (TPSA) is 130 Å². The minimum atomic E-state index is -4.55. The molecule has 170 valence electrons. The van der Waals surface area contributed by atoms with E-state index < -0.39 is 50.7 Å². The first-order valence-electron chi connectivity index (χ1n) is 9.23. The summed E-state index contributed by atoms with van der Waals surface area (Å²) in [7, 11) is -3.10. The van der Waals surface area contributed by atoms with Crippen LogP contribution in [0.15, 0.2) is 41.3 Å². The first kappa shape index (κ1) is 23.8. The molecule has 2 aromatic rings. The number of halogens is 2. The number of carbonyl (C=O) groups excluding carboxylic acids is 2. The summed E-state index contributed by atoms with van der Waals surface area (Å²) in [6, 6.07) is 7.86. The SMILES string of the molecule is COc1ccc(Cl)cc1CC1CNC(=O)CN(S(=O)(=O)c2ccc(Cl)c(C(=O)O)c2)C1=O. The van der Waals surface area contributed by atoms with Gasteiger partial charge < -0.3 is 15.2 Å². The summed E-state index contributed by atoms with van der Waals surface area (Å²) in [5.74, 6) is -3.41. The number of ether oxygens (including phenoxy) is 1. The summed E-state index contributed by atoms with van der Waals surface area (Å²) in [5, 5.41) is 12.0. The molecular weight excluding hydrogens is 483 g/mol. The number of rotatable bonds is 6. The zero-order valence-electron chi connectivity index (χ0n) is 16.7. The van der Waals surface area contributed by atoms with E-state index in [1.807, 2.05) is 0 Å². The Morgan fingerprint density at radius 3 is 2.59 bits per heavy atom. The van der Waals surface area contributed by atoms with Crippen LogP contribution >= 0.6 is 23.2 Å². The number of carbonyl (C=O) groups is 3. The number of nitrogens with one attached hydrogen (secondary N) is 1. The predicted molar refractivity (Wildman–Crippen MR) is 116 cm³/mol. The van der Waals surface area contributed by atoms with Crippen LogP contribution in [0.3, 0.4) is 0 Å². The molecule has 1 fully saturated rings. The van der Waals surface area contributed by atoms with Crippen LogP contribution in [-0.4, -0.2) is 55.8 Å². The van der Waals surface area contributed by atoms with Gasteiger partial charge in [0.2, 0.25) is 11.8 Å². The molecule has 1 aliphatic heterocycles. The van der Waals surface area contributed by atoms with Gasteiger partial charge in [-0.2, -0.15) is 0 Å². The summed E-state index contributed by atoms with van der Waals surface area (Å²) in [6.07, 6.45) is 0.0514. The fourth-order valence-corrected chi connectivity index (χ4v) is 5.11. The molecule has 1 saturated heterocycles. The molecule has 1 atom stereocenters. The molecule has 12 heteroatoms. The van der Waals surface area contributed by atoms with Crippen molar-refractivity contribution in [1.29, 1.82) is 0 Å². The van der Waals surface area contributed by atoms with Gasteiger partial charge in [-0.05, 0) is 48.4 Å². The third-order valence-corrected chi connectivity index (χ3v) is 7.20. The Hall–Kier alpha value is -2.82. The van der Waals surface area contributed by atoms with Crippen LogP contribution in [0.2, 0.25) is 10.0 Å². The highest BCUT2D eigenvalue weighted by Gasteiger charge is 2.38. The van der Waals surface area contributed by atoms with Crippen LogP contribution in [0.25, 0.3) is 0 Å². The zero-order valence-corrected chi connectivity index (χ0v) is 19.0. The molecule has 0 saturated carbocycles. The number of benzene rings is 2. The van der Waals surface area contributed by atoms with E-state index >= 15 is 0 Å². The van der Waals surface area contributed by atoms with Crippen molar-refractivity contribution in [2.45, 2.75) is 11.3 Å². The molecule has 0 aliphatic carbocycles. The average molecular weight is 501 g/mol. The molecule has 1 unspecified atom stereocenters. The fraction of sp³-hybridized carbons (Fsp3) is 0.250. The van der Waals surface area contributed by atoms with Gasteiger partial charge in [0.1, 0.15) is 12.3 Å². The largest absolute Gasteiger partial charge is 0.496 e. The number of amides is 2. The van der Waals surface area contributed by atoms with Crippen molar-refractivity contribution in [3.63, 3.8) is 0 Å².